The number of pyridine rings is 1. The monoisotopic (exact) mass is 353 g/mol. The summed E-state index contributed by atoms with van der Waals surface area (Å²) >= 11 is 0. The van der Waals surface area contributed by atoms with E-state index in [4.69, 9.17) is 0 Å². The molecule has 1 aromatic heterocycles. The molecule has 1 saturated heterocycles. The van der Waals surface area contributed by atoms with E-state index >= 15 is 0 Å². The van der Waals surface area contributed by atoms with Gasteiger partial charge in [-0.05, 0) is 30.0 Å². The van der Waals surface area contributed by atoms with Crippen LogP contribution in [-0.2, 0) is 10.2 Å². The summed E-state index contributed by atoms with van der Waals surface area (Å²) in [6.45, 7) is 1.03. The molecule has 0 spiro atoms. The van der Waals surface area contributed by atoms with Crippen molar-refractivity contribution in [2.24, 2.45) is 0 Å². The molecule has 6 heteroatoms. The lowest BCUT2D eigenvalue weighted by Crippen LogP contribution is -2.34. The minimum absolute atomic E-state index is 0.245. The minimum atomic E-state index is -3.58. The predicted octanol–water partition coefficient (Wildman–Crippen LogP) is 3.38. The molecule has 1 aliphatic rings. The largest absolute Gasteiger partial charge is 0.301 e. The lowest BCUT2D eigenvalue weighted by atomic mass is 9.99. The van der Waals surface area contributed by atoms with Crippen LogP contribution in [0.3, 0.4) is 0 Å². The third-order valence-corrected chi connectivity index (χ3v) is 6.17. The Hall–Kier alpha value is -2.44. The van der Waals surface area contributed by atoms with E-state index in [2.05, 4.69) is 21.8 Å². The third-order valence-electron chi connectivity index (χ3n) is 4.68. The van der Waals surface area contributed by atoms with Gasteiger partial charge in [-0.15, -0.1) is 0 Å². The van der Waals surface area contributed by atoms with Crippen molar-refractivity contribution in [3.63, 3.8) is 0 Å². The highest BCUT2D eigenvalue weighted by atomic mass is 32.2. The van der Waals surface area contributed by atoms with E-state index in [1.165, 1.54) is 9.87 Å². The lowest BCUT2D eigenvalue weighted by molar-refractivity contribution is 0.478. The van der Waals surface area contributed by atoms with Crippen LogP contribution in [0.4, 0.5) is 5.69 Å². The maximum atomic E-state index is 12.8. The second-order valence-electron chi connectivity index (χ2n) is 6.26. The van der Waals surface area contributed by atoms with E-state index in [1.54, 1.807) is 18.5 Å². The number of fused-ring (bicyclic) bond motifs is 1. The van der Waals surface area contributed by atoms with Crippen LogP contribution in [0.15, 0.2) is 67.0 Å². The van der Waals surface area contributed by atoms with Gasteiger partial charge in [0.25, 0.3) is 0 Å². The maximum Gasteiger partial charge on any atom is 0.301 e. The summed E-state index contributed by atoms with van der Waals surface area (Å²) in [6.07, 6.45) is 4.24. The zero-order valence-electron chi connectivity index (χ0n) is 13.7. The average molecular weight is 353 g/mol. The van der Waals surface area contributed by atoms with E-state index in [-0.39, 0.29) is 5.92 Å². The molecule has 0 saturated carbocycles. The zero-order chi connectivity index (χ0) is 17.3. The van der Waals surface area contributed by atoms with E-state index in [1.807, 2.05) is 36.4 Å². The van der Waals surface area contributed by atoms with Crippen molar-refractivity contribution >= 4 is 26.7 Å². The molecule has 0 amide bonds. The van der Waals surface area contributed by atoms with Gasteiger partial charge in [-0.25, -0.2) is 0 Å². The van der Waals surface area contributed by atoms with Crippen LogP contribution in [0.25, 0.3) is 10.8 Å². The Bertz CT molecular complexity index is 984. The van der Waals surface area contributed by atoms with Crippen LogP contribution in [0.2, 0.25) is 0 Å². The molecule has 0 bridgehead atoms. The molecule has 0 aliphatic carbocycles. The summed E-state index contributed by atoms with van der Waals surface area (Å²) in [5, 5.41) is 1.76. The molecule has 1 atom stereocenters. The van der Waals surface area contributed by atoms with Crippen molar-refractivity contribution < 1.29 is 8.42 Å². The van der Waals surface area contributed by atoms with Gasteiger partial charge < -0.3 is 0 Å². The van der Waals surface area contributed by atoms with Crippen molar-refractivity contribution in [1.29, 1.82) is 0 Å². The van der Waals surface area contributed by atoms with Gasteiger partial charge in [0.1, 0.15) is 0 Å². The van der Waals surface area contributed by atoms with Gasteiger partial charge in [-0.3, -0.25) is 9.71 Å². The van der Waals surface area contributed by atoms with Gasteiger partial charge in [0.05, 0.1) is 5.69 Å². The van der Waals surface area contributed by atoms with Crippen LogP contribution in [0.1, 0.15) is 17.9 Å². The molecule has 128 valence electrons. The molecular formula is C19H19N3O2S. The molecule has 0 radical (unpaired) electrons. The molecule has 3 aromatic rings. The highest BCUT2D eigenvalue weighted by Crippen LogP contribution is 2.30. The van der Waals surface area contributed by atoms with Crippen LogP contribution >= 0.6 is 0 Å². The van der Waals surface area contributed by atoms with Gasteiger partial charge in [0.2, 0.25) is 0 Å². The van der Waals surface area contributed by atoms with Crippen molar-refractivity contribution in [3.05, 3.63) is 72.6 Å². The van der Waals surface area contributed by atoms with Gasteiger partial charge in [-0.2, -0.15) is 12.7 Å². The number of nitrogens with zero attached hydrogens (tertiary/aromatic N) is 2. The van der Waals surface area contributed by atoms with Gasteiger partial charge in [0.15, 0.2) is 0 Å². The molecule has 4 rings (SSSR count). The summed E-state index contributed by atoms with van der Waals surface area (Å²) in [4.78, 5) is 4.08. The first-order valence-electron chi connectivity index (χ1n) is 8.29. The smallest absolute Gasteiger partial charge is 0.270 e. The number of hydrogen-bond acceptors (Lipinski definition) is 3. The summed E-state index contributed by atoms with van der Waals surface area (Å²) in [6, 6.07) is 17.4. The predicted molar refractivity (Wildman–Crippen MR) is 99.7 cm³/mol. The number of aromatic nitrogens is 1. The second kappa shape index (κ2) is 6.46. The van der Waals surface area contributed by atoms with Crippen LogP contribution < -0.4 is 4.72 Å². The average Bonchev–Trinajstić information content (AvgIpc) is 3.14. The highest BCUT2D eigenvalue weighted by Gasteiger charge is 2.32. The van der Waals surface area contributed by atoms with Gasteiger partial charge in [-0.1, -0.05) is 42.5 Å². The third kappa shape index (κ3) is 3.23. The van der Waals surface area contributed by atoms with Gasteiger partial charge in [0, 0.05) is 36.3 Å². The molecule has 1 fully saturated rings. The summed E-state index contributed by atoms with van der Waals surface area (Å²) in [7, 11) is -3.58. The fourth-order valence-corrected chi connectivity index (χ4v) is 4.67. The molecule has 0 unspecified atom stereocenters. The molecule has 2 aromatic carbocycles. The van der Waals surface area contributed by atoms with Crippen molar-refractivity contribution in [1.82, 2.24) is 9.29 Å². The minimum Gasteiger partial charge on any atom is -0.270 e. The quantitative estimate of drug-likeness (QED) is 0.782. The molecule has 1 N–H and O–H groups in total. The lowest BCUT2D eigenvalue weighted by Gasteiger charge is -2.19. The fourth-order valence-electron chi connectivity index (χ4n) is 3.36. The summed E-state index contributed by atoms with van der Waals surface area (Å²) in [5.74, 6) is 0.245. The number of hydrogen-bond donors (Lipinski definition) is 1. The second-order valence-corrected chi connectivity index (χ2v) is 7.93. The van der Waals surface area contributed by atoms with Crippen molar-refractivity contribution in [2.75, 3.05) is 17.8 Å². The Balaban J connectivity index is 1.56. The zero-order valence-corrected chi connectivity index (χ0v) is 14.5. The number of benzene rings is 2. The normalized spacial score (nSPS) is 18.5. The molecule has 1 aliphatic heterocycles. The Labute approximate surface area is 147 Å². The van der Waals surface area contributed by atoms with E-state index in [9.17, 15) is 8.42 Å². The highest BCUT2D eigenvalue weighted by molar-refractivity contribution is 7.90. The van der Waals surface area contributed by atoms with Crippen molar-refractivity contribution in [3.8, 4) is 0 Å². The van der Waals surface area contributed by atoms with Crippen LogP contribution in [0.5, 0.6) is 0 Å². The summed E-state index contributed by atoms with van der Waals surface area (Å²) < 4.78 is 29.9. The van der Waals surface area contributed by atoms with E-state index in [0.29, 0.717) is 18.8 Å². The van der Waals surface area contributed by atoms with E-state index < -0.39 is 10.2 Å². The first-order chi connectivity index (χ1) is 12.1. The van der Waals surface area contributed by atoms with Crippen LogP contribution in [-0.4, -0.2) is 30.8 Å². The first-order valence-corrected chi connectivity index (χ1v) is 9.73. The number of rotatable bonds is 4. The van der Waals surface area contributed by atoms with Gasteiger partial charge >= 0.3 is 10.2 Å². The molecule has 25 heavy (non-hydrogen) atoms. The Morgan fingerprint density at radius 3 is 2.72 bits per heavy atom. The number of anilines is 1. The number of nitrogens with one attached hydrogen (secondary N) is 1. The Kier molecular flexibility index (Phi) is 4.15. The van der Waals surface area contributed by atoms with Crippen LogP contribution in [0, 0.1) is 0 Å². The molecular weight excluding hydrogens is 334 g/mol. The van der Waals surface area contributed by atoms with E-state index in [0.717, 1.165) is 17.2 Å². The molecule has 5 nitrogen and oxygen atoms in total. The standard InChI is InChI=1S/C19H19N3O2S/c23-25(24,21-19-8-4-7-16-13-20-11-9-18(16)19)22-12-10-17(14-22)15-5-2-1-3-6-15/h1-9,11,13,17,21H,10,12,14H2/t17-/m1/s1. The Morgan fingerprint density at radius 1 is 1.04 bits per heavy atom. The molecule has 2 heterocycles. The Morgan fingerprint density at radius 2 is 1.88 bits per heavy atom. The maximum absolute atomic E-state index is 12.8. The first kappa shape index (κ1) is 16.1. The van der Waals surface area contributed by atoms with Crippen molar-refractivity contribution in [2.45, 2.75) is 12.3 Å². The SMILES string of the molecule is O=S(=O)(Nc1cccc2cnccc12)N1CC[C@@H](c2ccccc2)C1. The fraction of sp³-hybridized carbons (Fsp3) is 0.211. The summed E-state index contributed by atoms with van der Waals surface area (Å²) in [5.41, 5.74) is 1.78. The topological polar surface area (TPSA) is 62.3 Å².